The number of rotatable bonds is 5. The Labute approximate surface area is 108 Å². The van der Waals surface area contributed by atoms with Gasteiger partial charge in [0.2, 0.25) is 10.0 Å². The minimum absolute atomic E-state index is 0.217. The maximum atomic E-state index is 12.1. The second kappa shape index (κ2) is 4.99. The van der Waals surface area contributed by atoms with E-state index in [1.54, 1.807) is 25.1 Å². The quantitative estimate of drug-likeness (QED) is 0.854. The van der Waals surface area contributed by atoms with Crippen LogP contribution in [0.25, 0.3) is 0 Å². The summed E-state index contributed by atoms with van der Waals surface area (Å²) in [5.41, 5.74) is 0.609. The zero-order chi connectivity index (χ0) is 13.3. The molecule has 2 rings (SSSR count). The molecule has 1 saturated carbocycles. The fourth-order valence-electron chi connectivity index (χ4n) is 1.93. The van der Waals surface area contributed by atoms with E-state index in [2.05, 4.69) is 11.6 Å². The van der Waals surface area contributed by atoms with Gasteiger partial charge in [0.15, 0.2) is 0 Å². The molecule has 1 fully saturated rings. The number of aliphatic hydroxyl groups is 1. The van der Waals surface area contributed by atoms with Crippen LogP contribution in [0.2, 0.25) is 0 Å². The number of aliphatic hydroxyl groups excluding tert-OH is 1. The Hall–Kier alpha value is -0.910. The van der Waals surface area contributed by atoms with E-state index in [1.165, 1.54) is 6.07 Å². The Balaban J connectivity index is 2.11. The van der Waals surface area contributed by atoms with Crippen LogP contribution in [0.15, 0.2) is 29.2 Å². The average molecular weight is 269 g/mol. The lowest BCUT2D eigenvalue weighted by molar-refractivity contribution is 0.199. The zero-order valence-electron chi connectivity index (χ0n) is 10.6. The molecule has 0 aliphatic heterocycles. The van der Waals surface area contributed by atoms with E-state index in [-0.39, 0.29) is 4.90 Å². The molecule has 3 atom stereocenters. The molecule has 1 aromatic carbocycles. The van der Waals surface area contributed by atoms with Crippen LogP contribution in [-0.4, -0.2) is 20.1 Å². The predicted molar refractivity (Wildman–Crippen MR) is 69.5 cm³/mol. The van der Waals surface area contributed by atoms with Crippen molar-refractivity contribution in [2.24, 2.45) is 11.8 Å². The summed E-state index contributed by atoms with van der Waals surface area (Å²) in [5.74, 6) is 1.09. The number of nitrogens with one attached hydrogen (secondary N) is 1. The average Bonchev–Trinajstić information content (AvgIpc) is 3.03. The zero-order valence-corrected chi connectivity index (χ0v) is 11.4. The van der Waals surface area contributed by atoms with Crippen LogP contribution in [0, 0.1) is 11.8 Å². The van der Waals surface area contributed by atoms with Crippen LogP contribution in [0.1, 0.15) is 31.9 Å². The molecule has 1 aliphatic carbocycles. The summed E-state index contributed by atoms with van der Waals surface area (Å²) in [6, 6.07) is 6.43. The van der Waals surface area contributed by atoms with Gasteiger partial charge in [-0.15, -0.1) is 0 Å². The maximum Gasteiger partial charge on any atom is 0.240 e. The monoisotopic (exact) mass is 269 g/mol. The van der Waals surface area contributed by atoms with Gasteiger partial charge in [0.1, 0.15) is 0 Å². The van der Waals surface area contributed by atoms with Crippen LogP contribution in [-0.2, 0) is 10.0 Å². The molecular formula is C13H19NO3S. The van der Waals surface area contributed by atoms with Gasteiger partial charge in [0.25, 0.3) is 0 Å². The molecule has 4 nitrogen and oxygen atoms in total. The summed E-state index contributed by atoms with van der Waals surface area (Å²) in [6.45, 7) is 4.24. The smallest absolute Gasteiger partial charge is 0.240 e. The van der Waals surface area contributed by atoms with Crippen molar-refractivity contribution in [2.75, 3.05) is 6.54 Å². The SMILES string of the molecule is CC(O)c1cccc(S(=O)(=O)NCC2CC2C)c1. The number of hydrogen-bond acceptors (Lipinski definition) is 3. The second-order valence-electron chi connectivity index (χ2n) is 5.07. The standard InChI is InChI=1S/C13H19NO3S/c1-9-6-12(9)8-14-18(16,17)13-5-3-4-11(7-13)10(2)15/h3-5,7,9-10,12,14-15H,6,8H2,1-2H3. The number of benzene rings is 1. The molecular weight excluding hydrogens is 250 g/mol. The Bertz CT molecular complexity index is 525. The minimum Gasteiger partial charge on any atom is -0.389 e. The van der Waals surface area contributed by atoms with Crippen LogP contribution in [0.3, 0.4) is 0 Å². The highest BCUT2D eigenvalue weighted by atomic mass is 32.2. The summed E-state index contributed by atoms with van der Waals surface area (Å²) < 4.78 is 26.7. The van der Waals surface area contributed by atoms with E-state index in [9.17, 15) is 13.5 Å². The van der Waals surface area contributed by atoms with Crippen LogP contribution >= 0.6 is 0 Å². The molecule has 0 bridgehead atoms. The van der Waals surface area contributed by atoms with Gasteiger partial charge in [0, 0.05) is 6.54 Å². The highest BCUT2D eigenvalue weighted by Crippen LogP contribution is 2.37. The summed E-state index contributed by atoms with van der Waals surface area (Å²) >= 11 is 0. The fraction of sp³-hybridized carbons (Fsp3) is 0.538. The van der Waals surface area contributed by atoms with Gasteiger partial charge in [-0.3, -0.25) is 0 Å². The summed E-state index contributed by atoms with van der Waals surface area (Å²) in [7, 11) is -3.46. The molecule has 3 unspecified atom stereocenters. The Morgan fingerprint density at radius 1 is 1.50 bits per heavy atom. The molecule has 100 valence electrons. The van der Waals surface area contributed by atoms with Crippen molar-refractivity contribution >= 4 is 10.0 Å². The van der Waals surface area contributed by atoms with Gasteiger partial charge in [-0.05, 0) is 42.9 Å². The number of sulfonamides is 1. The van der Waals surface area contributed by atoms with Crippen molar-refractivity contribution in [1.29, 1.82) is 0 Å². The van der Waals surface area contributed by atoms with E-state index in [4.69, 9.17) is 0 Å². The third-order valence-corrected chi connectivity index (χ3v) is 4.88. The maximum absolute atomic E-state index is 12.1. The lowest BCUT2D eigenvalue weighted by Gasteiger charge is -2.09. The van der Waals surface area contributed by atoms with Crippen LogP contribution in [0.5, 0.6) is 0 Å². The third kappa shape index (κ3) is 3.10. The van der Waals surface area contributed by atoms with Gasteiger partial charge >= 0.3 is 0 Å². The summed E-state index contributed by atoms with van der Waals surface area (Å²) in [6.07, 6.45) is 0.430. The molecule has 18 heavy (non-hydrogen) atoms. The normalized spacial score (nSPS) is 24.8. The Kier molecular flexibility index (Phi) is 3.75. The first-order valence-electron chi connectivity index (χ1n) is 6.18. The first kappa shape index (κ1) is 13.5. The first-order valence-corrected chi connectivity index (χ1v) is 7.66. The molecule has 0 aromatic heterocycles. The van der Waals surface area contributed by atoms with Crippen molar-refractivity contribution in [1.82, 2.24) is 4.72 Å². The van der Waals surface area contributed by atoms with Crippen molar-refractivity contribution < 1.29 is 13.5 Å². The van der Waals surface area contributed by atoms with Crippen LogP contribution < -0.4 is 4.72 Å². The van der Waals surface area contributed by atoms with Gasteiger partial charge in [0.05, 0.1) is 11.0 Å². The van der Waals surface area contributed by atoms with E-state index >= 15 is 0 Å². The molecule has 1 aliphatic rings. The van der Waals surface area contributed by atoms with Crippen molar-refractivity contribution in [2.45, 2.75) is 31.3 Å². The van der Waals surface area contributed by atoms with Crippen LogP contribution in [0.4, 0.5) is 0 Å². The molecule has 0 saturated heterocycles. The van der Waals surface area contributed by atoms with Gasteiger partial charge in [-0.2, -0.15) is 0 Å². The Morgan fingerprint density at radius 2 is 2.17 bits per heavy atom. The molecule has 2 N–H and O–H groups in total. The van der Waals surface area contributed by atoms with Gasteiger partial charge < -0.3 is 5.11 Å². The fourth-order valence-corrected chi connectivity index (χ4v) is 3.07. The lowest BCUT2D eigenvalue weighted by atomic mass is 10.1. The summed E-state index contributed by atoms with van der Waals surface area (Å²) in [4.78, 5) is 0.217. The van der Waals surface area contributed by atoms with Gasteiger partial charge in [-0.1, -0.05) is 19.1 Å². The molecule has 0 spiro atoms. The first-order chi connectivity index (χ1) is 8.40. The second-order valence-corrected chi connectivity index (χ2v) is 6.84. The topological polar surface area (TPSA) is 66.4 Å². The van der Waals surface area contributed by atoms with Crippen molar-refractivity contribution in [3.63, 3.8) is 0 Å². The molecule has 0 radical (unpaired) electrons. The molecule has 0 heterocycles. The highest BCUT2D eigenvalue weighted by Gasteiger charge is 2.33. The van der Waals surface area contributed by atoms with Crippen molar-refractivity contribution in [3.8, 4) is 0 Å². The molecule has 5 heteroatoms. The lowest BCUT2D eigenvalue weighted by Crippen LogP contribution is -2.26. The number of hydrogen-bond donors (Lipinski definition) is 2. The third-order valence-electron chi connectivity index (χ3n) is 3.46. The van der Waals surface area contributed by atoms with E-state index in [0.29, 0.717) is 23.9 Å². The largest absolute Gasteiger partial charge is 0.389 e. The van der Waals surface area contributed by atoms with E-state index in [1.807, 2.05) is 0 Å². The molecule has 0 amide bonds. The summed E-state index contributed by atoms with van der Waals surface area (Å²) in [5, 5.41) is 9.46. The minimum atomic E-state index is -3.46. The Morgan fingerprint density at radius 3 is 2.72 bits per heavy atom. The highest BCUT2D eigenvalue weighted by molar-refractivity contribution is 7.89. The van der Waals surface area contributed by atoms with E-state index < -0.39 is 16.1 Å². The van der Waals surface area contributed by atoms with Crippen molar-refractivity contribution in [3.05, 3.63) is 29.8 Å². The van der Waals surface area contributed by atoms with E-state index in [0.717, 1.165) is 6.42 Å². The predicted octanol–water partition coefficient (Wildman–Crippen LogP) is 1.67. The van der Waals surface area contributed by atoms with Gasteiger partial charge in [-0.25, -0.2) is 13.1 Å². The molecule has 1 aromatic rings.